The number of benzene rings is 1. The number of carbonyl (C=O) groups is 1. The average molecular weight is 249 g/mol. The average Bonchev–Trinajstić information content (AvgIpc) is 2.40. The first-order valence-corrected chi connectivity index (χ1v) is 6.22. The molecule has 98 valence electrons. The third kappa shape index (κ3) is 3.63. The lowest BCUT2D eigenvalue weighted by Crippen LogP contribution is -2.43. The second-order valence-corrected chi connectivity index (χ2v) is 4.30. The highest BCUT2D eigenvalue weighted by molar-refractivity contribution is 5.73. The number of rotatable bonds is 5. The van der Waals surface area contributed by atoms with Gasteiger partial charge in [-0.15, -0.1) is 0 Å². The predicted molar refractivity (Wildman–Crippen MR) is 70.8 cm³/mol. The molecule has 3 N–H and O–H groups in total. The molecule has 1 aromatic rings. The molecule has 1 amide bonds. The van der Waals surface area contributed by atoms with E-state index in [1.54, 1.807) is 0 Å². The highest BCUT2D eigenvalue weighted by Crippen LogP contribution is 2.19. The summed E-state index contributed by atoms with van der Waals surface area (Å²) in [5.41, 5.74) is 6.25. The number of anilines is 1. The van der Waals surface area contributed by atoms with Crippen molar-refractivity contribution in [1.82, 2.24) is 5.32 Å². The number of nitrogens with one attached hydrogen (secondary N) is 1. The second kappa shape index (κ2) is 6.26. The molecule has 1 fully saturated rings. The molecule has 18 heavy (non-hydrogen) atoms. The first kappa shape index (κ1) is 12.7. The molecule has 0 aliphatic carbocycles. The van der Waals surface area contributed by atoms with Crippen molar-refractivity contribution in [3.8, 4) is 5.75 Å². The Morgan fingerprint density at radius 1 is 1.28 bits per heavy atom. The summed E-state index contributed by atoms with van der Waals surface area (Å²) in [6, 6.07) is 7.95. The summed E-state index contributed by atoms with van der Waals surface area (Å²) in [7, 11) is 0. The van der Waals surface area contributed by atoms with Crippen molar-refractivity contribution in [3.63, 3.8) is 0 Å². The number of nitrogens with two attached hydrogens (primary N) is 1. The SMILES string of the molecule is NC(=O)CCOc1ccc(N2CCNCC2)cc1. The lowest BCUT2D eigenvalue weighted by molar-refractivity contribution is -0.118. The lowest BCUT2D eigenvalue weighted by atomic mass is 10.2. The molecule has 0 spiro atoms. The van der Waals surface area contributed by atoms with Gasteiger partial charge in [-0.25, -0.2) is 0 Å². The highest BCUT2D eigenvalue weighted by atomic mass is 16.5. The molecule has 1 aromatic carbocycles. The molecule has 1 heterocycles. The molecule has 5 nitrogen and oxygen atoms in total. The summed E-state index contributed by atoms with van der Waals surface area (Å²) in [6.07, 6.45) is 0.250. The van der Waals surface area contributed by atoms with Crippen molar-refractivity contribution in [1.29, 1.82) is 0 Å². The van der Waals surface area contributed by atoms with E-state index in [1.165, 1.54) is 5.69 Å². The summed E-state index contributed by atoms with van der Waals surface area (Å²) in [5, 5.41) is 3.32. The minimum atomic E-state index is -0.340. The molecule has 0 bridgehead atoms. The summed E-state index contributed by atoms with van der Waals surface area (Å²) < 4.78 is 5.43. The van der Waals surface area contributed by atoms with Crippen LogP contribution in [0.4, 0.5) is 5.69 Å². The maximum Gasteiger partial charge on any atom is 0.220 e. The zero-order chi connectivity index (χ0) is 12.8. The molecule has 1 saturated heterocycles. The van der Waals surface area contributed by atoms with Gasteiger partial charge in [0.1, 0.15) is 5.75 Å². The van der Waals surface area contributed by atoms with Crippen LogP contribution < -0.4 is 20.7 Å². The Morgan fingerprint density at radius 2 is 1.94 bits per heavy atom. The van der Waals surface area contributed by atoms with Crippen LogP contribution in [0.5, 0.6) is 5.75 Å². The molecule has 0 radical (unpaired) electrons. The number of carbonyl (C=O) groups excluding carboxylic acids is 1. The van der Waals surface area contributed by atoms with Gasteiger partial charge < -0.3 is 20.7 Å². The minimum Gasteiger partial charge on any atom is -0.493 e. The predicted octanol–water partition coefficient (Wildman–Crippen LogP) is 0.350. The zero-order valence-electron chi connectivity index (χ0n) is 10.4. The number of primary amides is 1. The van der Waals surface area contributed by atoms with Gasteiger partial charge in [0, 0.05) is 31.9 Å². The molecular formula is C13H19N3O2. The van der Waals surface area contributed by atoms with Crippen LogP contribution in [0.2, 0.25) is 0 Å². The number of piperazine rings is 1. The van der Waals surface area contributed by atoms with E-state index in [1.807, 2.05) is 24.3 Å². The first-order valence-electron chi connectivity index (χ1n) is 6.22. The topological polar surface area (TPSA) is 67.6 Å². The van der Waals surface area contributed by atoms with Crippen molar-refractivity contribution in [2.45, 2.75) is 6.42 Å². The Bertz CT molecular complexity index is 386. The van der Waals surface area contributed by atoms with Crippen molar-refractivity contribution >= 4 is 11.6 Å². The van der Waals surface area contributed by atoms with Crippen LogP contribution in [0, 0.1) is 0 Å². The van der Waals surface area contributed by atoms with E-state index >= 15 is 0 Å². The Balaban J connectivity index is 1.86. The summed E-state index contributed by atoms with van der Waals surface area (Å²) in [6.45, 7) is 4.44. The zero-order valence-corrected chi connectivity index (χ0v) is 10.4. The van der Waals surface area contributed by atoms with Gasteiger partial charge in [0.2, 0.25) is 5.91 Å². The van der Waals surface area contributed by atoms with Crippen molar-refractivity contribution in [2.75, 3.05) is 37.7 Å². The molecule has 0 aromatic heterocycles. The van der Waals surface area contributed by atoms with E-state index in [2.05, 4.69) is 10.2 Å². The number of nitrogens with zero attached hydrogens (tertiary/aromatic N) is 1. The van der Waals surface area contributed by atoms with E-state index in [0.717, 1.165) is 31.9 Å². The van der Waals surface area contributed by atoms with Gasteiger partial charge in [-0.3, -0.25) is 4.79 Å². The fourth-order valence-electron chi connectivity index (χ4n) is 1.95. The van der Waals surface area contributed by atoms with E-state index < -0.39 is 0 Å². The minimum absolute atomic E-state index is 0.250. The van der Waals surface area contributed by atoms with Crippen LogP contribution in [0.15, 0.2) is 24.3 Å². The van der Waals surface area contributed by atoms with Crippen LogP contribution in [-0.2, 0) is 4.79 Å². The normalized spacial score (nSPS) is 15.4. The molecule has 1 aliphatic rings. The quantitative estimate of drug-likeness (QED) is 0.790. The van der Waals surface area contributed by atoms with E-state index in [-0.39, 0.29) is 12.3 Å². The van der Waals surface area contributed by atoms with Gasteiger partial charge in [0.05, 0.1) is 13.0 Å². The van der Waals surface area contributed by atoms with Crippen LogP contribution in [0.1, 0.15) is 6.42 Å². The summed E-state index contributed by atoms with van der Waals surface area (Å²) in [4.78, 5) is 12.9. The van der Waals surface area contributed by atoms with Crippen LogP contribution in [0.25, 0.3) is 0 Å². The highest BCUT2D eigenvalue weighted by Gasteiger charge is 2.09. The van der Waals surface area contributed by atoms with E-state index in [4.69, 9.17) is 10.5 Å². The second-order valence-electron chi connectivity index (χ2n) is 4.30. The Morgan fingerprint density at radius 3 is 2.56 bits per heavy atom. The standard InChI is InChI=1S/C13H19N3O2/c14-13(17)5-10-18-12-3-1-11(2-4-12)16-8-6-15-7-9-16/h1-4,15H,5-10H2,(H2,14,17). The molecule has 1 aliphatic heterocycles. The fraction of sp³-hybridized carbons (Fsp3) is 0.462. The summed E-state index contributed by atoms with van der Waals surface area (Å²) >= 11 is 0. The third-order valence-electron chi connectivity index (χ3n) is 2.94. The number of hydrogen-bond acceptors (Lipinski definition) is 4. The largest absolute Gasteiger partial charge is 0.493 e. The van der Waals surface area contributed by atoms with Crippen molar-refractivity contribution in [3.05, 3.63) is 24.3 Å². The number of ether oxygens (including phenoxy) is 1. The maximum atomic E-state index is 10.6. The molecule has 0 saturated carbocycles. The third-order valence-corrected chi connectivity index (χ3v) is 2.94. The molecule has 5 heteroatoms. The summed E-state index contributed by atoms with van der Waals surface area (Å²) in [5.74, 6) is 0.433. The van der Waals surface area contributed by atoms with Gasteiger partial charge in [0.15, 0.2) is 0 Å². The monoisotopic (exact) mass is 249 g/mol. The van der Waals surface area contributed by atoms with Crippen molar-refractivity contribution in [2.24, 2.45) is 5.73 Å². The van der Waals surface area contributed by atoms with E-state index in [9.17, 15) is 4.79 Å². The molecular weight excluding hydrogens is 230 g/mol. The molecule has 0 atom stereocenters. The van der Waals surface area contributed by atoms with Crippen LogP contribution in [-0.4, -0.2) is 38.7 Å². The smallest absolute Gasteiger partial charge is 0.220 e. The van der Waals surface area contributed by atoms with Gasteiger partial charge in [0.25, 0.3) is 0 Å². The van der Waals surface area contributed by atoms with Gasteiger partial charge in [-0.2, -0.15) is 0 Å². The molecule has 2 rings (SSSR count). The van der Waals surface area contributed by atoms with E-state index in [0.29, 0.717) is 6.61 Å². The fourth-order valence-corrected chi connectivity index (χ4v) is 1.95. The molecule has 0 unspecified atom stereocenters. The van der Waals surface area contributed by atoms with Gasteiger partial charge in [-0.1, -0.05) is 0 Å². The van der Waals surface area contributed by atoms with Crippen LogP contribution in [0.3, 0.4) is 0 Å². The lowest BCUT2D eigenvalue weighted by Gasteiger charge is -2.29. The van der Waals surface area contributed by atoms with Crippen molar-refractivity contribution < 1.29 is 9.53 Å². The Labute approximate surface area is 107 Å². The maximum absolute atomic E-state index is 10.6. The Kier molecular flexibility index (Phi) is 4.41. The number of amides is 1. The Hall–Kier alpha value is -1.75. The first-order chi connectivity index (χ1) is 8.75. The van der Waals surface area contributed by atoms with Gasteiger partial charge in [-0.05, 0) is 24.3 Å². The number of hydrogen-bond donors (Lipinski definition) is 2. The van der Waals surface area contributed by atoms with Crippen LogP contribution >= 0.6 is 0 Å². The van der Waals surface area contributed by atoms with Gasteiger partial charge >= 0.3 is 0 Å².